The Morgan fingerprint density at radius 3 is 1.91 bits per heavy atom. The first-order valence-electron chi connectivity index (χ1n) is 3.42. The Bertz CT molecular complexity index is 164. The molecule has 0 heterocycles. The molecule has 1 aliphatic carbocycles. The Labute approximate surface area is 72.7 Å². The summed E-state index contributed by atoms with van der Waals surface area (Å²) in [6.07, 6.45) is 0. The van der Waals surface area contributed by atoms with E-state index in [1.807, 2.05) is 13.8 Å². The van der Waals surface area contributed by atoms with E-state index >= 15 is 0 Å². The lowest BCUT2D eigenvalue weighted by Crippen LogP contribution is -2.37. The van der Waals surface area contributed by atoms with Crippen LogP contribution in [0.1, 0.15) is 13.8 Å². The Balaban J connectivity index is 0.000001000. The summed E-state index contributed by atoms with van der Waals surface area (Å²) in [5.74, 6) is 0.243. The number of methoxy groups -OCH3 is 1. The number of ether oxygens (including phenoxy) is 1. The number of carbonyl (C=O) groups is 1. The van der Waals surface area contributed by atoms with E-state index in [4.69, 9.17) is 5.73 Å². The van der Waals surface area contributed by atoms with Crippen LogP contribution in [-0.4, -0.2) is 18.6 Å². The average molecular weight is 180 g/mol. The van der Waals surface area contributed by atoms with E-state index in [-0.39, 0.29) is 30.2 Å². The van der Waals surface area contributed by atoms with Gasteiger partial charge in [0.2, 0.25) is 0 Å². The molecule has 66 valence electrons. The summed E-state index contributed by atoms with van der Waals surface area (Å²) in [7, 11) is 1.37. The second-order valence-corrected chi connectivity index (χ2v) is 3.00. The van der Waals surface area contributed by atoms with Crippen LogP contribution in [-0.2, 0) is 9.53 Å². The maximum Gasteiger partial charge on any atom is 0.326 e. The normalized spacial score (nSPS) is 40.7. The van der Waals surface area contributed by atoms with Crippen molar-refractivity contribution in [2.75, 3.05) is 7.11 Å². The second kappa shape index (κ2) is 2.99. The zero-order chi connectivity index (χ0) is 7.94. The van der Waals surface area contributed by atoms with Crippen LogP contribution in [0.2, 0.25) is 0 Å². The number of halogens is 1. The summed E-state index contributed by atoms with van der Waals surface area (Å²) in [6.45, 7) is 3.92. The first-order valence-corrected chi connectivity index (χ1v) is 3.42. The smallest absolute Gasteiger partial charge is 0.326 e. The van der Waals surface area contributed by atoms with Crippen LogP contribution in [0.15, 0.2) is 0 Å². The van der Waals surface area contributed by atoms with Gasteiger partial charge in [-0.2, -0.15) is 0 Å². The Morgan fingerprint density at radius 2 is 1.82 bits per heavy atom. The quantitative estimate of drug-likeness (QED) is 0.599. The largest absolute Gasteiger partial charge is 0.468 e. The van der Waals surface area contributed by atoms with Gasteiger partial charge in [-0.05, 0) is 11.8 Å². The van der Waals surface area contributed by atoms with Crippen LogP contribution in [0.5, 0.6) is 0 Å². The van der Waals surface area contributed by atoms with Gasteiger partial charge in [-0.1, -0.05) is 13.8 Å². The molecule has 2 unspecified atom stereocenters. The lowest BCUT2D eigenvalue weighted by molar-refractivity contribution is -0.144. The van der Waals surface area contributed by atoms with E-state index in [1.54, 1.807) is 0 Å². The zero-order valence-corrected chi connectivity index (χ0v) is 7.77. The monoisotopic (exact) mass is 179 g/mol. The number of hydrogen-bond acceptors (Lipinski definition) is 3. The van der Waals surface area contributed by atoms with Crippen molar-refractivity contribution in [3.8, 4) is 0 Å². The Morgan fingerprint density at radius 1 is 1.45 bits per heavy atom. The minimum atomic E-state index is -0.686. The first-order chi connectivity index (χ1) is 4.55. The molecule has 0 bridgehead atoms. The van der Waals surface area contributed by atoms with Crippen molar-refractivity contribution < 1.29 is 9.53 Å². The standard InChI is InChI=1S/C7H13NO2.ClH/c1-4-5(2)7(4,8)6(9)10-3;/h4-5H,8H2,1-3H3;1H/t4-,5?,7?;/m1./s1. The summed E-state index contributed by atoms with van der Waals surface area (Å²) in [5, 5.41) is 0. The molecule has 1 aliphatic rings. The van der Waals surface area contributed by atoms with Crippen LogP contribution in [0.4, 0.5) is 0 Å². The predicted octanol–water partition coefficient (Wildman–Crippen LogP) is 0.565. The molecule has 0 radical (unpaired) electrons. The third-order valence-corrected chi connectivity index (χ3v) is 2.69. The van der Waals surface area contributed by atoms with Gasteiger partial charge in [0.1, 0.15) is 5.54 Å². The Hall–Kier alpha value is -0.280. The minimum Gasteiger partial charge on any atom is -0.468 e. The van der Waals surface area contributed by atoms with Crippen LogP contribution >= 0.6 is 12.4 Å². The van der Waals surface area contributed by atoms with Gasteiger partial charge in [-0.3, -0.25) is 4.79 Å². The van der Waals surface area contributed by atoms with Gasteiger partial charge < -0.3 is 10.5 Å². The molecule has 4 heteroatoms. The van der Waals surface area contributed by atoms with E-state index in [9.17, 15) is 4.79 Å². The molecule has 0 aromatic heterocycles. The van der Waals surface area contributed by atoms with E-state index in [2.05, 4.69) is 4.74 Å². The lowest BCUT2D eigenvalue weighted by Gasteiger charge is -2.06. The van der Waals surface area contributed by atoms with E-state index in [0.29, 0.717) is 0 Å². The van der Waals surface area contributed by atoms with E-state index < -0.39 is 5.54 Å². The molecule has 0 spiro atoms. The van der Waals surface area contributed by atoms with Crippen molar-refractivity contribution >= 4 is 18.4 Å². The molecule has 3 nitrogen and oxygen atoms in total. The molecule has 0 amide bonds. The van der Waals surface area contributed by atoms with E-state index in [1.165, 1.54) is 7.11 Å². The van der Waals surface area contributed by atoms with Gasteiger partial charge in [0.05, 0.1) is 7.11 Å². The van der Waals surface area contributed by atoms with Crippen molar-refractivity contribution in [3.05, 3.63) is 0 Å². The zero-order valence-electron chi connectivity index (χ0n) is 6.96. The average Bonchev–Trinajstić information content (AvgIpc) is 2.41. The third kappa shape index (κ3) is 1.23. The summed E-state index contributed by atoms with van der Waals surface area (Å²) >= 11 is 0. The maximum absolute atomic E-state index is 11.0. The highest BCUT2D eigenvalue weighted by molar-refractivity contribution is 5.85. The fourth-order valence-electron chi connectivity index (χ4n) is 1.36. The highest BCUT2D eigenvalue weighted by Crippen LogP contribution is 2.48. The second-order valence-electron chi connectivity index (χ2n) is 3.00. The molecule has 3 atom stereocenters. The molecule has 0 aromatic rings. The van der Waals surface area contributed by atoms with Crippen LogP contribution < -0.4 is 5.73 Å². The molecular formula is C7H14ClNO2. The molecule has 11 heavy (non-hydrogen) atoms. The molecule has 1 fully saturated rings. The molecule has 0 aromatic carbocycles. The SMILES string of the molecule is COC(=O)C1(N)C(C)[C@H]1C.Cl. The fraction of sp³-hybridized carbons (Fsp3) is 0.857. The number of hydrogen-bond donors (Lipinski definition) is 1. The fourth-order valence-corrected chi connectivity index (χ4v) is 1.36. The summed E-state index contributed by atoms with van der Waals surface area (Å²) in [4.78, 5) is 11.0. The predicted molar refractivity (Wildman–Crippen MR) is 44.5 cm³/mol. The van der Waals surface area contributed by atoms with Gasteiger partial charge in [0, 0.05) is 0 Å². The lowest BCUT2D eigenvalue weighted by atomic mass is 10.2. The van der Waals surface area contributed by atoms with Gasteiger partial charge in [-0.25, -0.2) is 0 Å². The number of esters is 1. The van der Waals surface area contributed by atoms with Crippen molar-refractivity contribution in [2.24, 2.45) is 17.6 Å². The summed E-state index contributed by atoms with van der Waals surface area (Å²) < 4.78 is 4.55. The van der Waals surface area contributed by atoms with E-state index in [0.717, 1.165) is 0 Å². The van der Waals surface area contributed by atoms with Gasteiger partial charge in [0.25, 0.3) is 0 Å². The molecule has 1 rings (SSSR count). The highest BCUT2D eigenvalue weighted by Gasteiger charge is 2.62. The van der Waals surface area contributed by atoms with Gasteiger partial charge in [-0.15, -0.1) is 12.4 Å². The third-order valence-electron chi connectivity index (χ3n) is 2.69. The van der Waals surface area contributed by atoms with Gasteiger partial charge >= 0.3 is 5.97 Å². The first kappa shape index (κ1) is 10.7. The number of rotatable bonds is 1. The Kier molecular flexibility index (Phi) is 2.91. The molecule has 1 saturated carbocycles. The van der Waals surface area contributed by atoms with Gasteiger partial charge in [0.15, 0.2) is 0 Å². The van der Waals surface area contributed by atoms with Crippen molar-refractivity contribution in [2.45, 2.75) is 19.4 Å². The van der Waals surface area contributed by atoms with Crippen molar-refractivity contribution in [3.63, 3.8) is 0 Å². The van der Waals surface area contributed by atoms with Crippen LogP contribution in [0, 0.1) is 11.8 Å². The summed E-state index contributed by atoms with van der Waals surface area (Å²) in [6, 6.07) is 0. The van der Waals surface area contributed by atoms with Crippen LogP contribution in [0.25, 0.3) is 0 Å². The number of nitrogens with two attached hydrogens (primary N) is 1. The minimum absolute atomic E-state index is 0. The molecule has 0 aliphatic heterocycles. The van der Waals surface area contributed by atoms with Crippen molar-refractivity contribution in [1.82, 2.24) is 0 Å². The highest BCUT2D eigenvalue weighted by atomic mass is 35.5. The topological polar surface area (TPSA) is 52.3 Å². The van der Waals surface area contributed by atoms with Crippen molar-refractivity contribution in [1.29, 1.82) is 0 Å². The molecular weight excluding hydrogens is 166 g/mol. The maximum atomic E-state index is 11.0. The molecule has 2 N–H and O–H groups in total. The molecule has 0 saturated heterocycles. The summed E-state index contributed by atoms with van der Waals surface area (Å²) in [5.41, 5.74) is 5.03. The number of carbonyl (C=O) groups excluding carboxylic acids is 1. The van der Waals surface area contributed by atoms with Crippen LogP contribution in [0.3, 0.4) is 0 Å².